The fourth-order valence-electron chi connectivity index (χ4n) is 3.36. The molecule has 0 spiro atoms. The molecule has 3 rings (SSSR count). The molecule has 1 heterocycles. The Kier molecular flexibility index (Phi) is 5.91. The van der Waals surface area contributed by atoms with E-state index < -0.39 is 0 Å². The first-order valence-electron chi connectivity index (χ1n) is 9.42. The Bertz CT molecular complexity index is 913. The molecule has 1 atom stereocenters. The number of rotatable bonds is 7. The van der Waals surface area contributed by atoms with E-state index in [0.717, 1.165) is 41.7 Å². The summed E-state index contributed by atoms with van der Waals surface area (Å²) in [6.07, 6.45) is 1.87. The lowest BCUT2D eigenvalue weighted by Gasteiger charge is -2.23. The number of hydrogen-bond donors (Lipinski definition) is 2. The Balaban J connectivity index is 1.72. The monoisotopic (exact) mass is 367 g/mol. The van der Waals surface area contributed by atoms with Crippen LogP contribution in [0.25, 0.3) is 22.0 Å². The quantitative estimate of drug-likeness (QED) is 0.649. The fraction of sp³-hybridized carbons (Fsp3) is 0.318. The molecule has 1 amide bonds. The van der Waals surface area contributed by atoms with Crippen LogP contribution in [0.3, 0.4) is 0 Å². The molecule has 0 radical (unpaired) electrons. The average Bonchev–Trinajstić information content (AvgIpc) is 3.09. The Hall–Kier alpha value is -2.66. The molecule has 27 heavy (non-hydrogen) atoms. The van der Waals surface area contributed by atoms with Crippen molar-refractivity contribution < 1.29 is 9.18 Å². The normalized spacial score (nSPS) is 12.5. The summed E-state index contributed by atoms with van der Waals surface area (Å²) in [5, 5.41) is 4.02. The highest BCUT2D eigenvalue weighted by Gasteiger charge is 2.13. The number of likely N-dealkylation sites (N-methyl/N-ethyl adjacent to an activating group) is 1. The summed E-state index contributed by atoms with van der Waals surface area (Å²) in [5.74, 6) is -0.330. The minimum Gasteiger partial charge on any atom is -0.360 e. The zero-order chi connectivity index (χ0) is 19.4. The van der Waals surface area contributed by atoms with Crippen molar-refractivity contribution in [2.75, 3.05) is 19.6 Å². The molecular weight excluding hydrogens is 341 g/mol. The molecule has 1 aromatic heterocycles. The molecule has 1 unspecified atom stereocenters. The van der Waals surface area contributed by atoms with Crippen LogP contribution in [-0.2, 0) is 0 Å². The summed E-state index contributed by atoms with van der Waals surface area (Å²) < 4.78 is 13.4. The third-order valence-corrected chi connectivity index (χ3v) is 4.91. The van der Waals surface area contributed by atoms with Crippen LogP contribution in [0.2, 0.25) is 0 Å². The van der Waals surface area contributed by atoms with Crippen LogP contribution in [-0.4, -0.2) is 41.5 Å². The number of nitrogens with zero attached hydrogens (tertiary/aromatic N) is 1. The van der Waals surface area contributed by atoms with Gasteiger partial charge in [0, 0.05) is 40.8 Å². The zero-order valence-corrected chi connectivity index (χ0v) is 16.1. The first-order chi connectivity index (χ1) is 13.0. The molecule has 0 aliphatic carbocycles. The molecule has 142 valence electrons. The minimum absolute atomic E-state index is 0.0674. The van der Waals surface area contributed by atoms with Gasteiger partial charge in [0.25, 0.3) is 5.91 Å². The predicted molar refractivity (Wildman–Crippen MR) is 108 cm³/mol. The molecule has 0 aliphatic heterocycles. The van der Waals surface area contributed by atoms with Crippen molar-refractivity contribution in [1.29, 1.82) is 0 Å². The number of hydrogen-bond acceptors (Lipinski definition) is 2. The Morgan fingerprint density at radius 2 is 1.85 bits per heavy atom. The van der Waals surface area contributed by atoms with Gasteiger partial charge in [-0.3, -0.25) is 4.79 Å². The van der Waals surface area contributed by atoms with Crippen LogP contribution in [0.15, 0.2) is 48.7 Å². The van der Waals surface area contributed by atoms with E-state index >= 15 is 0 Å². The van der Waals surface area contributed by atoms with E-state index in [-0.39, 0.29) is 17.8 Å². The highest BCUT2D eigenvalue weighted by molar-refractivity contribution is 5.97. The van der Waals surface area contributed by atoms with Crippen molar-refractivity contribution in [2.45, 2.75) is 26.8 Å². The van der Waals surface area contributed by atoms with Crippen molar-refractivity contribution in [3.63, 3.8) is 0 Å². The third-order valence-electron chi connectivity index (χ3n) is 4.91. The highest BCUT2D eigenvalue weighted by Crippen LogP contribution is 2.29. The lowest BCUT2D eigenvalue weighted by molar-refractivity contribution is 0.0930. The minimum atomic E-state index is -0.262. The van der Waals surface area contributed by atoms with Gasteiger partial charge in [0.1, 0.15) is 5.82 Å². The maximum atomic E-state index is 13.4. The van der Waals surface area contributed by atoms with Crippen molar-refractivity contribution in [2.24, 2.45) is 0 Å². The van der Waals surface area contributed by atoms with E-state index in [9.17, 15) is 9.18 Å². The Labute approximate surface area is 159 Å². The summed E-state index contributed by atoms with van der Waals surface area (Å²) in [7, 11) is 0. The molecule has 0 bridgehead atoms. The number of amides is 1. The number of halogens is 1. The average molecular weight is 367 g/mol. The van der Waals surface area contributed by atoms with Crippen LogP contribution >= 0.6 is 0 Å². The molecule has 4 nitrogen and oxygen atoms in total. The standard InChI is InChI=1S/C22H26FN3O/c1-4-26(5-2)14-15(3)25-22(27)17-8-6-16(7-9-17)20-13-24-21-12-18(23)10-11-19(20)21/h6-13,15,24H,4-5,14H2,1-3H3,(H,25,27). The maximum absolute atomic E-state index is 13.4. The van der Waals surface area contributed by atoms with Gasteiger partial charge >= 0.3 is 0 Å². The summed E-state index contributed by atoms with van der Waals surface area (Å²) in [5.41, 5.74) is 3.38. The summed E-state index contributed by atoms with van der Waals surface area (Å²) in [4.78, 5) is 17.9. The van der Waals surface area contributed by atoms with Gasteiger partial charge in [-0.15, -0.1) is 0 Å². The summed E-state index contributed by atoms with van der Waals surface area (Å²) in [6.45, 7) is 9.05. The van der Waals surface area contributed by atoms with E-state index in [4.69, 9.17) is 0 Å². The lowest BCUT2D eigenvalue weighted by Crippen LogP contribution is -2.41. The lowest BCUT2D eigenvalue weighted by atomic mass is 10.0. The van der Waals surface area contributed by atoms with E-state index in [0.29, 0.717) is 5.56 Å². The molecule has 2 aromatic carbocycles. The van der Waals surface area contributed by atoms with Crippen LogP contribution in [0.1, 0.15) is 31.1 Å². The van der Waals surface area contributed by atoms with E-state index in [1.54, 1.807) is 6.07 Å². The van der Waals surface area contributed by atoms with Gasteiger partial charge in [0.2, 0.25) is 0 Å². The molecular formula is C22H26FN3O. The molecule has 0 saturated carbocycles. The smallest absolute Gasteiger partial charge is 0.251 e. The number of fused-ring (bicyclic) bond motifs is 1. The van der Waals surface area contributed by atoms with Crippen molar-refractivity contribution in [3.8, 4) is 11.1 Å². The molecule has 5 heteroatoms. The molecule has 0 saturated heterocycles. The Morgan fingerprint density at radius 3 is 2.52 bits per heavy atom. The van der Waals surface area contributed by atoms with Gasteiger partial charge in [0.05, 0.1) is 0 Å². The predicted octanol–water partition coefficient (Wildman–Crippen LogP) is 4.43. The second-order valence-electron chi connectivity index (χ2n) is 6.83. The van der Waals surface area contributed by atoms with Crippen LogP contribution < -0.4 is 5.32 Å². The number of carbonyl (C=O) groups is 1. The first kappa shape index (κ1) is 19.1. The number of aromatic nitrogens is 1. The SMILES string of the molecule is CCN(CC)CC(C)NC(=O)c1ccc(-c2c[nH]c3cc(F)ccc23)cc1. The maximum Gasteiger partial charge on any atom is 0.251 e. The largest absolute Gasteiger partial charge is 0.360 e. The number of nitrogens with one attached hydrogen (secondary N) is 2. The molecule has 0 aliphatic rings. The molecule has 2 N–H and O–H groups in total. The van der Waals surface area contributed by atoms with E-state index in [1.807, 2.05) is 37.4 Å². The second kappa shape index (κ2) is 8.35. The van der Waals surface area contributed by atoms with Gasteiger partial charge in [-0.1, -0.05) is 26.0 Å². The number of H-pyrrole nitrogens is 1. The van der Waals surface area contributed by atoms with Crippen molar-refractivity contribution in [3.05, 3.63) is 60.0 Å². The molecule has 3 aromatic rings. The number of benzene rings is 2. The van der Waals surface area contributed by atoms with Crippen LogP contribution in [0, 0.1) is 5.82 Å². The first-order valence-corrected chi connectivity index (χ1v) is 9.42. The zero-order valence-electron chi connectivity index (χ0n) is 16.1. The van der Waals surface area contributed by atoms with Gasteiger partial charge in [0.15, 0.2) is 0 Å². The van der Waals surface area contributed by atoms with Crippen LogP contribution in [0.4, 0.5) is 4.39 Å². The van der Waals surface area contributed by atoms with Gasteiger partial charge in [-0.05, 0) is 55.9 Å². The highest BCUT2D eigenvalue weighted by atomic mass is 19.1. The third kappa shape index (κ3) is 4.37. The topological polar surface area (TPSA) is 48.1 Å². The van der Waals surface area contributed by atoms with Gasteiger partial charge in [-0.25, -0.2) is 4.39 Å². The van der Waals surface area contributed by atoms with Crippen molar-refractivity contribution >= 4 is 16.8 Å². The Morgan fingerprint density at radius 1 is 1.15 bits per heavy atom. The molecule has 0 fully saturated rings. The van der Waals surface area contributed by atoms with Gasteiger partial charge in [-0.2, -0.15) is 0 Å². The fourth-order valence-corrected chi connectivity index (χ4v) is 3.36. The van der Waals surface area contributed by atoms with Crippen LogP contribution in [0.5, 0.6) is 0 Å². The second-order valence-corrected chi connectivity index (χ2v) is 6.83. The van der Waals surface area contributed by atoms with Gasteiger partial charge < -0.3 is 15.2 Å². The summed E-state index contributed by atoms with van der Waals surface area (Å²) in [6, 6.07) is 12.3. The van der Waals surface area contributed by atoms with Crippen molar-refractivity contribution in [1.82, 2.24) is 15.2 Å². The van der Waals surface area contributed by atoms with E-state index in [1.165, 1.54) is 12.1 Å². The summed E-state index contributed by atoms with van der Waals surface area (Å²) >= 11 is 0. The number of carbonyl (C=O) groups excluding carboxylic acids is 1. The number of aromatic amines is 1. The van der Waals surface area contributed by atoms with E-state index in [2.05, 4.69) is 29.0 Å².